The van der Waals surface area contributed by atoms with Crippen molar-refractivity contribution in [3.05, 3.63) is 48.2 Å². The maximum atomic E-state index is 9.22. The lowest BCUT2D eigenvalue weighted by Crippen LogP contribution is -2.51. The third-order valence-corrected chi connectivity index (χ3v) is 4.52. The van der Waals surface area contributed by atoms with E-state index in [1.807, 2.05) is 12.1 Å². The first-order chi connectivity index (χ1) is 10.8. The zero-order chi connectivity index (χ0) is 15.4. The topological polar surface area (TPSA) is 39.9 Å². The quantitative estimate of drug-likeness (QED) is 0.921. The van der Waals surface area contributed by atoms with Crippen molar-refractivity contribution in [1.29, 1.82) is 0 Å². The Morgan fingerprint density at radius 2 is 2.05 bits per heavy atom. The molecule has 1 saturated heterocycles. The van der Waals surface area contributed by atoms with Crippen LogP contribution in [0.25, 0.3) is 11.3 Å². The zero-order valence-electron chi connectivity index (χ0n) is 13.1. The Kier molecular flexibility index (Phi) is 4.93. The van der Waals surface area contributed by atoms with Crippen molar-refractivity contribution >= 4 is 0 Å². The van der Waals surface area contributed by atoms with Gasteiger partial charge in [0.05, 0.1) is 6.26 Å². The molecule has 2 heterocycles. The van der Waals surface area contributed by atoms with Crippen LogP contribution >= 0.6 is 0 Å². The fourth-order valence-corrected chi connectivity index (χ4v) is 3.19. The van der Waals surface area contributed by atoms with Gasteiger partial charge in [0.15, 0.2) is 0 Å². The Hall–Kier alpha value is -1.62. The van der Waals surface area contributed by atoms with Crippen molar-refractivity contribution in [1.82, 2.24) is 9.80 Å². The lowest BCUT2D eigenvalue weighted by Gasteiger charge is -2.39. The van der Waals surface area contributed by atoms with Gasteiger partial charge in [0.2, 0.25) is 0 Å². The number of hydrogen-bond acceptors (Lipinski definition) is 4. The monoisotopic (exact) mass is 300 g/mol. The second-order valence-corrected chi connectivity index (χ2v) is 6.02. The van der Waals surface area contributed by atoms with Gasteiger partial charge in [0.1, 0.15) is 5.76 Å². The minimum Gasteiger partial charge on any atom is -0.464 e. The maximum absolute atomic E-state index is 9.22. The average Bonchev–Trinajstić information content (AvgIpc) is 3.06. The molecular weight excluding hydrogens is 276 g/mol. The molecule has 1 aromatic heterocycles. The molecule has 3 rings (SSSR count). The number of benzene rings is 1. The van der Waals surface area contributed by atoms with Gasteiger partial charge in [0.25, 0.3) is 0 Å². The van der Waals surface area contributed by atoms with E-state index in [9.17, 15) is 5.11 Å². The Morgan fingerprint density at radius 1 is 1.18 bits per heavy atom. The molecule has 1 aliphatic rings. The summed E-state index contributed by atoms with van der Waals surface area (Å²) in [5.41, 5.74) is 2.47. The van der Waals surface area contributed by atoms with Crippen LogP contribution < -0.4 is 0 Å². The van der Waals surface area contributed by atoms with Crippen LogP contribution in [0.1, 0.15) is 12.0 Å². The summed E-state index contributed by atoms with van der Waals surface area (Å²) in [5, 5.41) is 9.22. The standard InChI is InChI=1S/C18H24N2O2/c1-19-9-10-20(14-16(19)8-11-21)13-15-5-2-3-6-17(15)18-7-4-12-22-18/h2-7,12,16,21H,8-11,13-14H2,1H3/t16-/m0/s1. The number of nitrogens with zero attached hydrogens (tertiary/aromatic N) is 2. The van der Waals surface area contributed by atoms with Gasteiger partial charge in [-0.3, -0.25) is 4.90 Å². The summed E-state index contributed by atoms with van der Waals surface area (Å²) in [5.74, 6) is 0.927. The second-order valence-electron chi connectivity index (χ2n) is 6.02. The predicted molar refractivity (Wildman–Crippen MR) is 87.5 cm³/mol. The predicted octanol–water partition coefficient (Wildman–Crippen LogP) is 2.45. The molecule has 0 amide bonds. The van der Waals surface area contributed by atoms with Gasteiger partial charge in [0, 0.05) is 44.4 Å². The van der Waals surface area contributed by atoms with Crippen LogP contribution in [-0.4, -0.2) is 54.2 Å². The van der Waals surface area contributed by atoms with Crippen LogP contribution in [0, 0.1) is 0 Å². The summed E-state index contributed by atoms with van der Waals surface area (Å²) in [6, 6.07) is 12.8. The van der Waals surface area contributed by atoms with Crippen LogP contribution in [0.4, 0.5) is 0 Å². The summed E-state index contributed by atoms with van der Waals surface area (Å²) in [6.07, 6.45) is 2.56. The highest BCUT2D eigenvalue weighted by atomic mass is 16.3. The maximum Gasteiger partial charge on any atom is 0.134 e. The van der Waals surface area contributed by atoms with Gasteiger partial charge in [-0.25, -0.2) is 0 Å². The first-order valence-corrected chi connectivity index (χ1v) is 7.93. The fraction of sp³-hybridized carbons (Fsp3) is 0.444. The molecule has 0 unspecified atom stereocenters. The highest BCUT2D eigenvalue weighted by Gasteiger charge is 2.24. The molecule has 2 aromatic rings. The lowest BCUT2D eigenvalue weighted by atomic mass is 10.0. The van der Waals surface area contributed by atoms with Crippen molar-refractivity contribution in [2.45, 2.75) is 19.0 Å². The van der Waals surface area contributed by atoms with Crippen molar-refractivity contribution in [3.8, 4) is 11.3 Å². The normalized spacial score (nSPS) is 20.4. The van der Waals surface area contributed by atoms with Crippen molar-refractivity contribution < 1.29 is 9.52 Å². The van der Waals surface area contributed by atoms with Crippen LogP contribution in [-0.2, 0) is 6.54 Å². The molecule has 1 aliphatic heterocycles. The Bertz CT molecular complexity index is 583. The van der Waals surface area contributed by atoms with E-state index >= 15 is 0 Å². The molecule has 4 nitrogen and oxygen atoms in total. The van der Waals surface area contributed by atoms with Gasteiger partial charge >= 0.3 is 0 Å². The summed E-state index contributed by atoms with van der Waals surface area (Å²) >= 11 is 0. The second kappa shape index (κ2) is 7.09. The van der Waals surface area contributed by atoms with E-state index in [2.05, 4.69) is 41.1 Å². The van der Waals surface area contributed by atoms with Crippen LogP contribution in [0.2, 0.25) is 0 Å². The first kappa shape index (κ1) is 15.3. The smallest absolute Gasteiger partial charge is 0.134 e. The Morgan fingerprint density at radius 3 is 2.82 bits per heavy atom. The number of aliphatic hydroxyl groups is 1. The largest absolute Gasteiger partial charge is 0.464 e. The summed E-state index contributed by atoms with van der Waals surface area (Å²) < 4.78 is 5.57. The third kappa shape index (κ3) is 3.40. The third-order valence-electron chi connectivity index (χ3n) is 4.52. The summed E-state index contributed by atoms with van der Waals surface area (Å²) in [7, 11) is 2.15. The highest BCUT2D eigenvalue weighted by Crippen LogP contribution is 2.26. The lowest BCUT2D eigenvalue weighted by molar-refractivity contribution is 0.0744. The molecule has 0 saturated carbocycles. The molecule has 4 heteroatoms. The molecule has 1 N–H and O–H groups in total. The minimum absolute atomic E-state index is 0.256. The Balaban J connectivity index is 1.74. The van der Waals surface area contributed by atoms with E-state index in [1.165, 1.54) is 11.1 Å². The molecule has 1 fully saturated rings. The summed E-state index contributed by atoms with van der Waals surface area (Å²) in [4.78, 5) is 4.83. The zero-order valence-corrected chi connectivity index (χ0v) is 13.1. The Labute approximate surface area is 132 Å². The number of piperazine rings is 1. The van der Waals surface area contributed by atoms with E-state index in [0.29, 0.717) is 6.04 Å². The van der Waals surface area contributed by atoms with Crippen LogP contribution in [0.15, 0.2) is 47.1 Å². The number of furan rings is 1. The van der Waals surface area contributed by atoms with Crippen molar-refractivity contribution in [2.24, 2.45) is 0 Å². The van der Waals surface area contributed by atoms with E-state index in [4.69, 9.17) is 4.42 Å². The van der Waals surface area contributed by atoms with E-state index in [1.54, 1.807) is 6.26 Å². The molecule has 0 spiro atoms. The van der Waals surface area contributed by atoms with Gasteiger partial charge in [-0.15, -0.1) is 0 Å². The van der Waals surface area contributed by atoms with E-state index < -0.39 is 0 Å². The minimum atomic E-state index is 0.256. The number of rotatable bonds is 5. The van der Waals surface area contributed by atoms with Crippen LogP contribution in [0.5, 0.6) is 0 Å². The van der Waals surface area contributed by atoms with Gasteiger partial charge in [-0.2, -0.15) is 0 Å². The molecule has 1 atom stereocenters. The average molecular weight is 300 g/mol. The fourth-order valence-electron chi connectivity index (χ4n) is 3.19. The van der Waals surface area contributed by atoms with E-state index in [-0.39, 0.29) is 6.61 Å². The molecule has 118 valence electrons. The summed E-state index contributed by atoms with van der Waals surface area (Å²) in [6.45, 7) is 4.29. The number of aliphatic hydroxyl groups excluding tert-OH is 1. The molecule has 0 bridgehead atoms. The molecule has 0 aliphatic carbocycles. The van der Waals surface area contributed by atoms with Gasteiger partial charge < -0.3 is 14.4 Å². The van der Waals surface area contributed by atoms with Crippen molar-refractivity contribution in [2.75, 3.05) is 33.3 Å². The first-order valence-electron chi connectivity index (χ1n) is 7.93. The molecule has 1 aromatic carbocycles. The SMILES string of the molecule is CN1CCN(Cc2ccccc2-c2ccco2)C[C@@H]1CCO. The highest BCUT2D eigenvalue weighted by molar-refractivity contribution is 5.61. The van der Waals surface area contributed by atoms with Gasteiger partial charge in [-0.1, -0.05) is 24.3 Å². The molecule has 22 heavy (non-hydrogen) atoms. The number of hydrogen-bond donors (Lipinski definition) is 1. The molecular formula is C18H24N2O2. The number of likely N-dealkylation sites (N-methyl/N-ethyl adjacent to an activating group) is 1. The van der Waals surface area contributed by atoms with Crippen LogP contribution in [0.3, 0.4) is 0 Å². The van der Waals surface area contributed by atoms with Gasteiger partial charge in [-0.05, 0) is 31.2 Å². The molecule has 0 radical (unpaired) electrons. The van der Waals surface area contributed by atoms with E-state index in [0.717, 1.165) is 38.4 Å². The van der Waals surface area contributed by atoms with Crippen molar-refractivity contribution in [3.63, 3.8) is 0 Å².